The number of sulfone groups is 1. The van der Waals surface area contributed by atoms with E-state index in [0.717, 1.165) is 5.56 Å². The molecule has 2 rings (SSSR count). The lowest BCUT2D eigenvalue weighted by atomic mass is 9.87. The van der Waals surface area contributed by atoms with Crippen molar-refractivity contribution >= 4 is 9.84 Å². The van der Waals surface area contributed by atoms with Crippen molar-refractivity contribution in [3.8, 4) is 6.07 Å². The highest BCUT2D eigenvalue weighted by molar-refractivity contribution is 7.91. The first-order chi connectivity index (χ1) is 7.62. The summed E-state index contributed by atoms with van der Waals surface area (Å²) in [5.41, 5.74) is 0.923. The van der Waals surface area contributed by atoms with E-state index in [4.69, 9.17) is 5.26 Å². The summed E-state index contributed by atoms with van der Waals surface area (Å²) in [4.78, 5) is 0. The van der Waals surface area contributed by atoms with Gasteiger partial charge in [-0.3, -0.25) is 0 Å². The summed E-state index contributed by atoms with van der Waals surface area (Å²) in [5, 5.41) is 9.17. The molecule has 0 spiro atoms. The highest BCUT2D eigenvalue weighted by Gasteiger charge is 2.34. The van der Waals surface area contributed by atoms with Gasteiger partial charge in [0.05, 0.1) is 23.5 Å². The molecule has 0 amide bonds. The fraction of sp³-hybridized carbons (Fsp3) is 0.417. The predicted octanol–water partition coefficient (Wildman–Crippen LogP) is 1.73. The highest BCUT2D eigenvalue weighted by Crippen LogP contribution is 2.32. The van der Waals surface area contributed by atoms with Crippen LogP contribution in [0.5, 0.6) is 0 Å². The van der Waals surface area contributed by atoms with Gasteiger partial charge in [0.25, 0.3) is 0 Å². The van der Waals surface area contributed by atoms with E-state index in [1.165, 1.54) is 0 Å². The summed E-state index contributed by atoms with van der Waals surface area (Å²) >= 11 is 0. The number of nitrogens with zero attached hydrogens (tertiary/aromatic N) is 1. The Balaban J connectivity index is 2.23. The van der Waals surface area contributed by atoms with E-state index in [-0.39, 0.29) is 23.3 Å². The first-order valence-corrected chi connectivity index (χ1v) is 7.09. The van der Waals surface area contributed by atoms with Crippen LogP contribution >= 0.6 is 0 Å². The van der Waals surface area contributed by atoms with E-state index in [1.807, 2.05) is 30.3 Å². The third-order valence-corrected chi connectivity index (χ3v) is 4.83. The van der Waals surface area contributed by atoms with Gasteiger partial charge in [-0.05, 0) is 17.9 Å². The summed E-state index contributed by atoms with van der Waals surface area (Å²) in [6.07, 6.45) is 0.607. The minimum Gasteiger partial charge on any atom is -0.229 e. The third kappa shape index (κ3) is 2.25. The Morgan fingerprint density at radius 3 is 2.50 bits per heavy atom. The molecular formula is C12H13NO2S. The molecule has 1 fully saturated rings. The number of rotatable bonds is 2. The van der Waals surface area contributed by atoms with E-state index in [0.29, 0.717) is 6.42 Å². The molecule has 0 aromatic heterocycles. The second-order valence-corrected chi connectivity index (χ2v) is 6.41. The Bertz CT molecular complexity index is 502. The molecule has 2 atom stereocenters. The molecule has 1 saturated heterocycles. The van der Waals surface area contributed by atoms with Crippen LogP contribution < -0.4 is 0 Å². The summed E-state index contributed by atoms with van der Waals surface area (Å²) in [7, 11) is -2.91. The van der Waals surface area contributed by atoms with Gasteiger partial charge in [-0.15, -0.1) is 0 Å². The highest BCUT2D eigenvalue weighted by atomic mass is 32.2. The van der Waals surface area contributed by atoms with Crippen molar-refractivity contribution in [3.63, 3.8) is 0 Å². The molecule has 0 unspecified atom stereocenters. The number of benzene rings is 1. The van der Waals surface area contributed by atoms with Crippen LogP contribution in [0, 0.1) is 17.2 Å². The smallest absolute Gasteiger partial charge is 0.150 e. The average molecular weight is 235 g/mol. The molecule has 0 saturated carbocycles. The largest absolute Gasteiger partial charge is 0.229 e. The van der Waals surface area contributed by atoms with Gasteiger partial charge in [0, 0.05) is 0 Å². The zero-order chi connectivity index (χ0) is 11.6. The van der Waals surface area contributed by atoms with Crippen molar-refractivity contribution in [2.75, 3.05) is 11.5 Å². The van der Waals surface area contributed by atoms with Crippen molar-refractivity contribution < 1.29 is 8.42 Å². The predicted molar refractivity (Wildman–Crippen MR) is 61.6 cm³/mol. The zero-order valence-electron chi connectivity index (χ0n) is 8.83. The fourth-order valence-electron chi connectivity index (χ4n) is 2.20. The molecule has 1 heterocycles. The molecule has 84 valence electrons. The van der Waals surface area contributed by atoms with Crippen LogP contribution in [0.2, 0.25) is 0 Å². The Kier molecular flexibility index (Phi) is 2.97. The second-order valence-electron chi connectivity index (χ2n) is 4.18. The van der Waals surface area contributed by atoms with Crippen LogP contribution in [0.3, 0.4) is 0 Å². The molecule has 1 aromatic rings. The molecule has 0 bridgehead atoms. The van der Waals surface area contributed by atoms with Crippen molar-refractivity contribution in [3.05, 3.63) is 35.9 Å². The Labute approximate surface area is 95.6 Å². The van der Waals surface area contributed by atoms with E-state index in [1.54, 1.807) is 0 Å². The first-order valence-electron chi connectivity index (χ1n) is 5.27. The zero-order valence-corrected chi connectivity index (χ0v) is 9.65. The molecule has 3 nitrogen and oxygen atoms in total. The molecule has 1 aromatic carbocycles. The molecular weight excluding hydrogens is 222 g/mol. The van der Waals surface area contributed by atoms with E-state index in [2.05, 4.69) is 6.07 Å². The van der Waals surface area contributed by atoms with Gasteiger partial charge in [-0.1, -0.05) is 30.3 Å². The van der Waals surface area contributed by atoms with E-state index in [9.17, 15) is 8.42 Å². The van der Waals surface area contributed by atoms with Crippen molar-refractivity contribution in [2.45, 2.75) is 12.3 Å². The lowest BCUT2D eigenvalue weighted by Gasteiger charge is -2.15. The summed E-state index contributed by atoms with van der Waals surface area (Å²) < 4.78 is 22.8. The van der Waals surface area contributed by atoms with Gasteiger partial charge < -0.3 is 0 Å². The molecule has 16 heavy (non-hydrogen) atoms. The summed E-state index contributed by atoms with van der Waals surface area (Å²) in [6.45, 7) is 0. The van der Waals surface area contributed by atoms with Crippen LogP contribution in [-0.4, -0.2) is 19.9 Å². The van der Waals surface area contributed by atoms with Crippen molar-refractivity contribution in [1.82, 2.24) is 0 Å². The number of hydrogen-bond donors (Lipinski definition) is 0. The topological polar surface area (TPSA) is 57.9 Å². The van der Waals surface area contributed by atoms with Crippen LogP contribution in [0.25, 0.3) is 0 Å². The minimum atomic E-state index is -2.91. The Hall–Kier alpha value is -1.34. The second kappa shape index (κ2) is 4.26. The maximum absolute atomic E-state index is 11.4. The fourth-order valence-corrected chi connectivity index (χ4v) is 4.04. The SMILES string of the molecule is N#C[C@H](c1ccccc1)[C@@H]1CCS(=O)(=O)C1. The van der Waals surface area contributed by atoms with Crippen LogP contribution in [0.1, 0.15) is 17.9 Å². The molecule has 1 aliphatic heterocycles. The molecule has 0 aliphatic carbocycles. The van der Waals surface area contributed by atoms with Gasteiger partial charge in [0.15, 0.2) is 9.84 Å². The van der Waals surface area contributed by atoms with E-state index >= 15 is 0 Å². The maximum Gasteiger partial charge on any atom is 0.150 e. The summed E-state index contributed by atoms with van der Waals surface area (Å²) in [6, 6.07) is 11.7. The molecule has 4 heteroatoms. The quantitative estimate of drug-likeness (QED) is 0.784. The van der Waals surface area contributed by atoms with Gasteiger partial charge in [0.2, 0.25) is 0 Å². The lowest BCUT2D eigenvalue weighted by molar-refractivity contribution is 0.541. The maximum atomic E-state index is 11.4. The monoisotopic (exact) mass is 235 g/mol. The standard InChI is InChI=1S/C12H13NO2S/c13-8-12(10-4-2-1-3-5-10)11-6-7-16(14,15)9-11/h1-5,11-12H,6-7,9H2/t11-,12-/m1/s1. The van der Waals surface area contributed by atoms with Gasteiger partial charge in [-0.2, -0.15) is 5.26 Å². The number of hydrogen-bond acceptors (Lipinski definition) is 3. The van der Waals surface area contributed by atoms with Crippen molar-refractivity contribution in [2.24, 2.45) is 5.92 Å². The Morgan fingerprint density at radius 2 is 2.00 bits per heavy atom. The molecule has 1 aliphatic rings. The van der Waals surface area contributed by atoms with Gasteiger partial charge in [0.1, 0.15) is 0 Å². The third-order valence-electron chi connectivity index (χ3n) is 3.04. The van der Waals surface area contributed by atoms with Crippen molar-refractivity contribution in [1.29, 1.82) is 5.26 Å². The first kappa shape index (κ1) is 11.2. The normalized spacial score (nSPS) is 24.8. The Morgan fingerprint density at radius 1 is 1.31 bits per heavy atom. The summed E-state index contributed by atoms with van der Waals surface area (Å²) in [5.74, 6) is 0.0406. The van der Waals surface area contributed by atoms with Crippen LogP contribution in [0.15, 0.2) is 30.3 Å². The molecule has 0 radical (unpaired) electrons. The van der Waals surface area contributed by atoms with Crippen LogP contribution in [0.4, 0.5) is 0 Å². The average Bonchev–Trinajstić information content (AvgIpc) is 2.62. The molecule has 0 N–H and O–H groups in total. The minimum absolute atomic E-state index is 0.0441. The lowest BCUT2D eigenvalue weighted by Crippen LogP contribution is -2.13. The van der Waals surface area contributed by atoms with Crippen LogP contribution in [-0.2, 0) is 9.84 Å². The van der Waals surface area contributed by atoms with E-state index < -0.39 is 9.84 Å². The number of nitriles is 1. The van der Waals surface area contributed by atoms with Gasteiger partial charge in [-0.25, -0.2) is 8.42 Å². The van der Waals surface area contributed by atoms with Gasteiger partial charge >= 0.3 is 0 Å².